The number of rotatable bonds is 4. The summed E-state index contributed by atoms with van der Waals surface area (Å²) in [4.78, 5) is 11.8. The molecule has 0 saturated carbocycles. The Morgan fingerprint density at radius 3 is 2.68 bits per heavy atom. The summed E-state index contributed by atoms with van der Waals surface area (Å²) in [6.45, 7) is 3.83. The van der Waals surface area contributed by atoms with Crippen LogP contribution in [0.3, 0.4) is 0 Å². The number of nitro benzene ring substituents is 1. The van der Waals surface area contributed by atoms with E-state index in [1.807, 2.05) is 32.0 Å². The lowest BCUT2D eigenvalue weighted by molar-refractivity contribution is -0.384. The van der Waals surface area contributed by atoms with Gasteiger partial charge < -0.3 is 5.32 Å². The van der Waals surface area contributed by atoms with Crippen LogP contribution in [0, 0.1) is 17.0 Å². The summed E-state index contributed by atoms with van der Waals surface area (Å²) in [5.41, 5.74) is 1.54. The minimum absolute atomic E-state index is 0.0257. The van der Waals surface area contributed by atoms with Crippen molar-refractivity contribution in [3.05, 3.63) is 54.7 Å². The van der Waals surface area contributed by atoms with Gasteiger partial charge in [0.05, 0.1) is 14.8 Å². The molecule has 0 aliphatic carbocycles. The standard InChI is InChI=1S/C13H13BrN2O2S/c1-8-3-4-10(11(7-8)16(17)18)15-9(2)12-5-6-13(14)19-12/h3-7,9,15H,1-2H3. The zero-order chi connectivity index (χ0) is 14.0. The summed E-state index contributed by atoms with van der Waals surface area (Å²) in [7, 11) is 0. The Morgan fingerprint density at radius 1 is 1.37 bits per heavy atom. The first-order valence-electron chi connectivity index (χ1n) is 5.74. The van der Waals surface area contributed by atoms with Crippen LogP contribution in [0.5, 0.6) is 0 Å². The van der Waals surface area contributed by atoms with Crippen molar-refractivity contribution >= 4 is 38.6 Å². The van der Waals surface area contributed by atoms with Crippen molar-refractivity contribution in [3.63, 3.8) is 0 Å². The molecule has 0 spiro atoms. The number of nitrogens with zero attached hydrogens (tertiary/aromatic N) is 1. The number of hydrogen-bond acceptors (Lipinski definition) is 4. The number of nitrogens with one attached hydrogen (secondary N) is 1. The molecule has 1 unspecified atom stereocenters. The van der Waals surface area contributed by atoms with Gasteiger partial charge in [-0.05, 0) is 53.5 Å². The summed E-state index contributed by atoms with van der Waals surface area (Å²) in [6, 6.07) is 9.21. The predicted octanol–water partition coefficient (Wildman–Crippen LogP) is 4.90. The Balaban J connectivity index is 2.26. The van der Waals surface area contributed by atoms with Crippen LogP contribution >= 0.6 is 27.3 Å². The zero-order valence-corrected chi connectivity index (χ0v) is 12.9. The largest absolute Gasteiger partial charge is 0.372 e. The molecule has 1 aromatic carbocycles. The molecule has 0 aliphatic rings. The first kappa shape index (κ1) is 14.0. The number of halogens is 1. The fraction of sp³-hybridized carbons (Fsp3) is 0.231. The Labute approximate surface area is 123 Å². The molecule has 1 heterocycles. The average molecular weight is 341 g/mol. The maximum absolute atomic E-state index is 11.1. The Kier molecular flexibility index (Phi) is 4.21. The second-order valence-corrected chi connectivity index (χ2v) is 6.78. The van der Waals surface area contributed by atoms with Gasteiger partial charge in [-0.2, -0.15) is 0 Å². The molecule has 6 heteroatoms. The van der Waals surface area contributed by atoms with Crippen LogP contribution in [-0.2, 0) is 0 Å². The van der Waals surface area contributed by atoms with Gasteiger partial charge in [0.15, 0.2) is 0 Å². The average Bonchev–Trinajstić information content (AvgIpc) is 2.78. The van der Waals surface area contributed by atoms with Gasteiger partial charge in [-0.15, -0.1) is 11.3 Å². The van der Waals surface area contributed by atoms with Crippen LogP contribution in [-0.4, -0.2) is 4.92 Å². The normalized spacial score (nSPS) is 12.2. The van der Waals surface area contributed by atoms with Gasteiger partial charge in [0.1, 0.15) is 5.69 Å². The van der Waals surface area contributed by atoms with E-state index in [2.05, 4.69) is 21.2 Å². The summed E-state index contributed by atoms with van der Waals surface area (Å²) in [5.74, 6) is 0. The number of aryl methyl sites for hydroxylation is 1. The van der Waals surface area contributed by atoms with Crippen LogP contribution in [0.4, 0.5) is 11.4 Å². The van der Waals surface area contributed by atoms with Gasteiger partial charge in [0.25, 0.3) is 5.69 Å². The fourth-order valence-corrected chi connectivity index (χ4v) is 3.21. The number of nitro groups is 1. The van der Waals surface area contributed by atoms with Crippen LogP contribution in [0.1, 0.15) is 23.4 Å². The van der Waals surface area contributed by atoms with E-state index in [1.165, 1.54) is 0 Å². The first-order valence-corrected chi connectivity index (χ1v) is 7.35. The smallest absolute Gasteiger partial charge is 0.292 e. The van der Waals surface area contributed by atoms with Crippen molar-refractivity contribution in [2.24, 2.45) is 0 Å². The highest BCUT2D eigenvalue weighted by atomic mass is 79.9. The molecule has 1 N–H and O–H groups in total. The van der Waals surface area contributed by atoms with E-state index in [9.17, 15) is 10.1 Å². The van der Waals surface area contributed by atoms with Gasteiger partial charge in [0, 0.05) is 10.9 Å². The molecular formula is C13H13BrN2O2S. The van der Waals surface area contributed by atoms with Crippen molar-refractivity contribution in [1.29, 1.82) is 0 Å². The van der Waals surface area contributed by atoms with E-state index in [0.717, 1.165) is 14.2 Å². The van der Waals surface area contributed by atoms with Gasteiger partial charge in [-0.1, -0.05) is 6.07 Å². The van der Waals surface area contributed by atoms with E-state index in [4.69, 9.17) is 0 Å². The molecular weight excluding hydrogens is 328 g/mol. The molecule has 2 rings (SSSR count). The zero-order valence-electron chi connectivity index (χ0n) is 10.5. The monoisotopic (exact) mass is 340 g/mol. The second-order valence-electron chi connectivity index (χ2n) is 4.29. The number of thiophene rings is 1. The van der Waals surface area contributed by atoms with Crippen LogP contribution in [0.2, 0.25) is 0 Å². The lowest BCUT2D eigenvalue weighted by Crippen LogP contribution is -2.07. The molecule has 100 valence electrons. The molecule has 1 atom stereocenters. The number of hydrogen-bond donors (Lipinski definition) is 1. The molecule has 0 fully saturated rings. The van der Waals surface area contributed by atoms with Crippen molar-refractivity contribution in [2.45, 2.75) is 19.9 Å². The van der Waals surface area contributed by atoms with Crippen molar-refractivity contribution < 1.29 is 4.92 Å². The third-order valence-corrected chi connectivity index (χ3v) is 4.55. The minimum Gasteiger partial charge on any atom is -0.372 e. The summed E-state index contributed by atoms with van der Waals surface area (Å²) in [6.07, 6.45) is 0. The van der Waals surface area contributed by atoms with E-state index in [1.54, 1.807) is 23.5 Å². The molecule has 0 aliphatic heterocycles. The van der Waals surface area contributed by atoms with Gasteiger partial charge >= 0.3 is 0 Å². The Morgan fingerprint density at radius 2 is 2.11 bits per heavy atom. The third-order valence-electron chi connectivity index (χ3n) is 2.74. The van der Waals surface area contributed by atoms with E-state index in [-0.39, 0.29) is 16.7 Å². The van der Waals surface area contributed by atoms with Crippen molar-refractivity contribution in [3.8, 4) is 0 Å². The molecule has 0 amide bonds. The van der Waals surface area contributed by atoms with E-state index in [0.29, 0.717) is 5.69 Å². The van der Waals surface area contributed by atoms with Crippen LogP contribution in [0.15, 0.2) is 34.1 Å². The van der Waals surface area contributed by atoms with Crippen LogP contribution in [0.25, 0.3) is 0 Å². The van der Waals surface area contributed by atoms with Gasteiger partial charge in [-0.3, -0.25) is 10.1 Å². The summed E-state index contributed by atoms with van der Waals surface area (Å²) >= 11 is 5.03. The van der Waals surface area contributed by atoms with Crippen molar-refractivity contribution in [2.75, 3.05) is 5.32 Å². The Hall–Kier alpha value is -1.40. The highest BCUT2D eigenvalue weighted by molar-refractivity contribution is 9.11. The highest BCUT2D eigenvalue weighted by Crippen LogP contribution is 2.32. The predicted molar refractivity (Wildman–Crippen MR) is 81.9 cm³/mol. The third kappa shape index (κ3) is 3.33. The topological polar surface area (TPSA) is 55.2 Å². The lowest BCUT2D eigenvalue weighted by Gasteiger charge is -2.14. The molecule has 19 heavy (non-hydrogen) atoms. The Bertz CT molecular complexity index is 612. The molecule has 0 bridgehead atoms. The minimum atomic E-state index is -0.355. The van der Waals surface area contributed by atoms with E-state index >= 15 is 0 Å². The molecule has 0 radical (unpaired) electrons. The number of anilines is 1. The molecule has 4 nitrogen and oxygen atoms in total. The molecule has 0 saturated heterocycles. The quantitative estimate of drug-likeness (QED) is 0.636. The molecule has 1 aromatic heterocycles. The van der Waals surface area contributed by atoms with E-state index < -0.39 is 0 Å². The highest BCUT2D eigenvalue weighted by Gasteiger charge is 2.16. The fourth-order valence-electron chi connectivity index (χ4n) is 1.78. The van der Waals surface area contributed by atoms with Gasteiger partial charge in [-0.25, -0.2) is 0 Å². The first-order chi connectivity index (χ1) is 8.97. The van der Waals surface area contributed by atoms with Crippen LogP contribution < -0.4 is 5.32 Å². The number of benzene rings is 1. The van der Waals surface area contributed by atoms with Crippen molar-refractivity contribution in [1.82, 2.24) is 0 Å². The maximum atomic E-state index is 11.1. The summed E-state index contributed by atoms with van der Waals surface area (Å²) < 4.78 is 1.05. The molecule has 2 aromatic rings. The maximum Gasteiger partial charge on any atom is 0.292 e. The van der Waals surface area contributed by atoms with Gasteiger partial charge in [0.2, 0.25) is 0 Å². The second kappa shape index (κ2) is 5.71. The summed E-state index contributed by atoms with van der Waals surface area (Å²) in [5, 5.41) is 14.3. The SMILES string of the molecule is Cc1ccc(NC(C)c2ccc(Br)s2)c([N+](=O)[O-])c1. The lowest BCUT2D eigenvalue weighted by atomic mass is 10.1.